The summed E-state index contributed by atoms with van der Waals surface area (Å²) < 4.78 is 19.3. The van der Waals surface area contributed by atoms with E-state index >= 15 is 0 Å². The third-order valence-corrected chi connectivity index (χ3v) is 4.18. The van der Waals surface area contributed by atoms with Crippen LogP contribution in [-0.2, 0) is 18.4 Å². The highest BCUT2D eigenvalue weighted by Crippen LogP contribution is 2.41. The molecule has 1 aliphatic rings. The summed E-state index contributed by atoms with van der Waals surface area (Å²) in [5.74, 6) is -0.205. The second-order valence-corrected chi connectivity index (χ2v) is 5.56. The molecule has 0 radical (unpaired) electrons. The number of halogens is 1. The van der Waals surface area contributed by atoms with Crippen LogP contribution in [0.1, 0.15) is 23.1 Å². The summed E-state index contributed by atoms with van der Waals surface area (Å²) in [5, 5.41) is 10.9. The molecular formula is C17H18FNO2. The maximum atomic E-state index is 14.3. The Hall–Kier alpha value is -2.07. The molecule has 3 N–H and O–H groups in total. The van der Waals surface area contributed by atoms with Crippen LogP contribution < -0.4 is 10.5 Å². The van der Waals surface area contributed by atoms with Gasteiger partial charge in [-0.3, -0.25) is 0 Å². The van der Waals surface area contributed by atoms with E-state index in [1.165, 1.54) is 7.11 Å². The maximum Gasteiger partial charge on any atom is 0.168 e. The Bertz CT molecular complexity index is 686. The number of rotatable bonds is 3. The molecule has 0 saturated heterocycles. The molecule has 21 heavy (non-hydrogen) atoms. The normalized spacial score (nSPS) is 20.3. The number of aryl methyl sites for hydroxylation is 1. The second-order valence-electron chi connectivity index (χ2n) is 5.56. The highest BCUT2D eigenvalue weighted by Gasteiger charge is 2.37. The van der Waals surface area contributed by atoms with Gasteiger partial charge in [0.25, 0.3) is 0 Å². The predicted octanol–water partition coefficient (Wildman–Crippen LogP) is 2.79. The molecule has 1 atom stereocenters. The van der Waals surface area contributed by atoms with E-state index in [1.807, 2.05) is 12.1 Å². The zero-order valence-electron chi connectivity index (χ0n) is 11.9. The van der Waals surface area contributed by atoms with Crippen molar-refractivity contribution in [3.8, 4) is 5.75 Å². The first-order chi connectivity index (χ1) is 10.0. The van der Waals surface area contributed by atoms with Crippen LogP contribution in [0.2, 0.25) is 0 Å². The summed E-state index contributed by atoms with van der Waals surface area (Å²) in [6, 6.07) is 10.5. The monoisotopic (exact) mass is 287 g/mol. The number of anilines is 1. The Morgan fingerprint density at radius 1 is 1.33 bits per heavy atom. The maximum absolute atomic E-state index is 14.3. The van der Waals surface area contributed by atoms with E-state index in [2.05, 4.69) is 0 Å². The molecule has 0 heterocycles. The van der Waals surface area contributed by atoms with Crippen molar-refractivity contribution in [2.45, 2.75) is 24.9 Å². The van der Waals surface area contributed by atoms with E-state index in [0.717, 1.165) is 17.5 Å². The molecule has 0 spiro atoms. The molecule has 3 rings (SSSR count). The third-order valence-electron chi connectivity index (χ3n) is 4.18. The molecule has 3 nitrogen and oxygen atoms in total. The fourth-order valence-electron chi connectivity index (χ4n) is 3.10. The van der Waals surface area contributed by atoms with Crippen LogP contribution in [0.3, 0.4) is 0 Å². The number of aliphatic hydroxyl groups is 1. The third kappa shape index (κ3) is 2.36. The van der Waals surface area contributed by atoms with Gasteiger partial charge in [-0.1, -0.05) is 18.2 Å². The molecular weight excluding hydrogens is 269 g/mol. The van der Waals surface area contributed by atoms with Gasteiger partial charge in [0, 0.05) is 12.1 Å². The minimum Gasteiger partial charge on any atom is -0.494 e. The van der Waals surface area contributed by atoms with Crippen molar-refractivity contribution in [2.24, 2.45) is 0 Å². The summed E-state index contributed by atoms with van der Waals surface area (Å²) in [5.41, 5.74) is 7.76. The Morgan fingerprint density at radius 2 is 2.14 bits per heavy atom. The number of hydrogen-bond acceptors (Lipinski definition) is 3. The van der Waals surface area contributed by atoms with Crippen molar-refractivity contribution in [3.63, 3.8) is 0 Å². The molecule has 0 aromatic heterocycles. The van der Waals surface area contributed by atoms with Gasteiger partial charge in [-0.15, -0.1) is 0 Å². The molecule has 1 unspecified atom stereocenters. The molecule has 0 aliphatic heterocycles. The average Bonchev–Trinajstić information content (AvgIpc) is 2.78. The first-order valence-electron chi connectivity index (χ1n) is 6.96. The molecule has 4 heteroatoms. The smallest absolute Gasteiger partial charge is 0.168 e. The highest BCUT2D eigenvalue weighted by atomic mass is 19.1. The van der Waals surface area contributed by atoms with Crippen LogP contribution in [0.5, 0.6) is 5.75 Å². The molecule has 0 amide bonds. The SMILES string of the molecule is COc1cccc(CC2(O)CCc3cc(N)ccc32)c1F. The van der Waals surface area contributed by atoms with Crippen molar-refractivity contribution < 1.29 is 14.2 Å². The zero-order valence-corrected chi connectivity index (χ0v) is 11.9. The number of fused-ring (bicyclic) bond motifs is 1. The van der Waals surface area contributed by atoms with Crippen molar-refractivity contribution in [3.05, 3.63) is 58.9 Å². The lowest BCUT2D eigenvalue weighted by Crippen LogP contribution is -2.26. The van der Waals surface area contributed by atoms with E-state index in [-0.39, 0.29) is 12.2 Å². The lowest BCUT2D eigenvalue weighted by molar-refractivity contribution is 0.0380. The number of benzene rings is 2. The van der Waals surface area contributed by atoms with Crippen LogP contribution in [-0.4, -0.2) is 12.2 Å². The van der Waals surface area contributed by atoms with Gasteiger partial charge in [-0.05, 0) is 47.7 Å². The topological polar surface area (TPSA) is 55.5 Å². The summed E-state index contributed by atoms with van der Waals surface area (Å²) >= 11 is 0. The molecule has 1 aliphatic carbocycles. The largest absolute Gasteiger partial charge is 0.494 e. The summed E-state index contributed by atoms with van der Waals surface area (Å²) in [6.07, 6.45) is 1.55. The lowest BCUT2D eigenvalue weighted by atomic mass is 9.88. The number of nitrogen functional groups attached to an aromatic ring is 1. The quantitative estimate of drug-likeness (QED) is 0.854. The zero-order chi connectivity index (χ0) is 15.0. The summed E-state index contributed by atoms with van der Waals surface area (Å²) in [6.45, 7) is 0. The number of hydrogen-bond donors (Lipinski definition) is 2. The van der Waals surface area contributed by atoms with Gasteiger partial charge >= 0.3 is 0 Å². The number of nitrogens with two attached hydrogens (primary N) is 1. The molecule has 110 valence electrons. The Morgan fingerprint density at radius 3 is 2.90 bits per heavy atom. The molecule has 2 aromatic carbocycles. The first kappa shape index (κ1) is 13.9. The van der Waals surface area contributed by atoms with Crippen molar-refractivity contribution in [2.75, 3.05) is 12.8 Å². The van der Waals surface area contributed by atoms with Crippen LogP contribution in [0.15, 0.2) is 36.4 Å². The first-order valence-corrected chi connectivity index (χ1v) is 6.96. The minimum atomic E-state index is -1.05. The van der Waals surface area contributed by atoms with Crippen LogP contribution in [0.4, 0.5) is 10.1 Å². The predicted molar refractivity (Wildman–Crippen MR) is 79.7 cm³/mol. The van der Waals surface area contributed by atoms with Crippen LogP contribution in [0.25, 0.3) is 0 Å². The van der Waals surface area contributed by atoms with Gasteiger partial charge in [-0.25, -0.2) is 4.39 Å². The van der Waals surface area contributed by atoms with E-state index in [1.54, 1.807) is 24.3 Å². The Balaban J connectivity index is 1.96. The van der Waals surface area contributed by atoms with E-state index in [4.69, 9.17) is 10.5 Å². The fourth-order valence-corrected chi connectivity index (χ4v) is 3.10. The standard InChI is InChI=1S/C17H18FNO2/c1-21-15-4-2-3-12(16(15)18)10-17(20)8-7-11-9-13(19)5-6-14(11)17/h2-6,9,20H,7-8,10,19H2,1H3. The Labute approximate surface area is 123 Å². The van der Waals surface area contributed by atoms with Gasteiger partial charge in [0.2, 0.25) is 0 Å². The van der Waals surface area contributed by atoms with Crippen molar-refractivity contribution in [1.29, 1.82) is 0 Å². The molecule has 0 saturated carbocycles. The highest BCUT2D eigenvalue weighted by molar-refractivity contribution is 5.49. The molecule has 2 aromatic rings. The fraction of sp³-hybridized carbons (Fsp3) is 0.294. The van der Waals surface area contributed by atoms with E-state index in [9.17, 15) is 9.50 Å². The van der Waals surface area contributed by atoms with Gasteiger partial charge in [0.1, 0.15) is 0 Å². The number of ether oxygens (including phenoxy) is 1. The van der Waals surface area contributed by atoms with Crippen LogP contribution in [0, 0.1) is 5.82 Å². The van der Waals surface area contributed by atoms with Gasteiger partial charge in [0.05, 0.1) is 12.7 Å². The van der Waals surface area contributed by atoms with Gasteiger partial charge < -0.3 is 15.6 Å². The number of methoxy groups -OCH3 is 1. The van der Waals surface area contributed by atoms with Crippen molar-refractivity contribution in [1.82, 2.24) is 0 Å². The summed E-state index contributed by atoms with van der Waals surface area (Å²) in [4.78, 5) is 0. The molecule has 0 bridgehead atoms. The van der Waals surface area contributed by atoms with Crippen LogP contribution >= 0.6 is 0 Å². The van der Waals surface area contributed by atoms with E-state index in [0.29, 0.717) is 17.7 Å². The molecule has 0 fully saturated rings. The average molecular weight is 287 g/mol. The van der Waals surface area contributed by atoms with Gasteiger partial charge in [0.15, 0.2) is 11.6 Å². The lowest BCUT2D eigenvalue weighted by Gasteiger charge is -2.25. The van der Waals surface area contributed by atoms with Gasteiger partial charge in [-0.2, -0.15) is 0 Å². The van der Waals surface area contributed by atoms with Crippen molar-refractivity contribution >= 4 is 5.69 Å². The summed E-state index contributed by atoms with van der Waals surface area (Å²) in [7, 11) is 1.44. The second kappa shape index (κ2) is 5.04. The van der Waals surface area contributed by atoms with E-state index < -0.39 is 11.4 Å². The minimum absolute atomic E-state index is 0.201. The Kier molecular flexibility index (Phi) is 3.33.